The molecule has 0 aliphatic heterocycles. The van der Waals surface area contributed by atoms with Crippen LogP contribution in [0, 0.1) is 35.5 Å². The van der Waals surface area contributed by atoms with E-state index in [1.807, 2.05) is 38.1 Å². The van der Waals surface area contributed by atoms with E-state index < -0.39 is 0 Å². The molecule has 0 spiro atoms. The van der Waals surface area contributed by atoms with Crippen molar-refractivity contribution in [1.82, 2.24) is 15.1 Å². The molecule has 6 heteroatoms. The first-order valence-corrected chi connectivity index (χ1v) is 21.5. The Bertz CT molecular complexity index is 854. The molecule has 1 aromatic carbocycles. The van der Waals surface area contributed by atoms with Crippen LogP contribution in [0.15, 0.2) is 24.3 Å². The smallest absolute Gasteiger partial charge is 0.220 e. The normalized spacial score (nSPS) is 11.3. The molecule has 0 radical (unpaired) electrons. The lowest BCUT2D eigenvalue weighted by Crippen LogP contribution is -2.37. The van der Waals surface area contributed by atoms with Gasteiger partial charge in [-0.05, 0) is 136 Å². The van der Waals surface area contributed by atoms with Crippen molar-refractivity contribution >= 4 is 11.6 Å². The Hall–Kier alpha value is -1.79. The SMILES string of the molecule is CC(C)CC(C)C.CC(C)CC(C)C.CC(C)CCCC(=O)NCC(C)C.CC(C)N(C)CCN(C)C(C)C.CC(C)Nc1ccccc1OC(C)C. The second-order valence-electron chi connectivity index (χ2n) is 18.6. The number of hydrogen-bond donors (Lipinski definition) is 2. The number of amides is 1. The lowest BCUT2D eigenvalue weighted by molar-refractivity contribution is -0.121. The van der Waals surface area contributed by atoms with Crippen molar-refractivity contribution in [3.63, 3.8) is 0 Å². The van der Waals surface area contributed by atoms with Crippen molar-refractivity contribution in [2.45, 2.75) is 195 Å². The highest BCUT2D eigenvalue weighted by molar-refractivity contribution is 5.75. The van der Waals surface area contributed by atoms with Crippen LogP contribution < -0.4 is 15.4 Å². The minimum absolute atomic E-state index is 0.203. The molecule has 0 aliphatic carbocycles. The topological polar surface area (TPSA) is 56.8 Å². The van der Waals surface area contributed by atoms with Gasteiger partial charge in [-0.1, -0.05) is 102 Å². The number of anilines is 1. The van der Waals surface area contributed by atoms with Gasteiger partial charge >= 0.3 is 0 Å². The molecule has 0 unspecified atom stereocenters. The van der Waals surface area contributed by atoms with Gasteiger partial charge < -0.3 is 25.2 Å². The number of para-hydroxylation sites is 2. The van der Waals surface area contributed by atoms with Crippen LogP contribution in [-0.4, -0.2) is 73.7 Å². The molecule has 0 saturated carbocycles. The van der Waals surface area contributed by atoms with Crippen molar-refractivity contribution in [2.75, 3.05) is 39.0 Å². The molecule has 0 aliphatic rings. The van der Waals surface area contributed by atoms with Crippen LogP contribution in [0.4, 0.5) is 5.69 Å². The van der Waals surface area contributed by atoms with E-state index in [1.165, 1.54) is 12.8 Å². The van der Waals surface area contributed by atoms with Crippen LogP contribution in [0.25, 0.3) is 0 Å². The van der Waals surface area contributed by atoms with Crippen LogP contribution >= 0.6 is 0 Å². The van der Waals surface area contributed by atoms with Crippen LogP contribution in [0.2, 0.25) is 0 Å². The zero-order valence-corrected chi connectivity index (χ0v) is 40.0. The highest BCUT2D eigenvalue weighted by Crippen LogP contribution is 2.25. The van der Waals surface area contributed by atoms with Crippen LogP contribution in [0.1, 0.15) is 171 Å². The minimum atomic E-state index is 0.203. The Morgan fingerprint density at radius 3 is 1.32 bits per heavy atom. The summed E-state index contributed by atoms with van der Waals surface area (Å²) < 4.78 is 5.68. The molecule has 6 nitrogen and oxygen atoms in total. The predicted molar refractivity (Wildman–Crippen MR) is 242 cm³/mol. The Morgan fingerprint density at radius 2 is 1.02 bits per heavy atom. The second kappa shape index (κ2) is 35.9. The maximum absolute atomic E-state index is 11.2. The van der Waals surface area contributed by atoms with Gasteiger partial charge in [-0.25, -0.2) is 0 Å². The lowest BCUT2D eigenvalue weighted by atomic mass is 10.0. The summed E-state index contributed by atoms with van der Waals surface area (Å²) in [6.45, 7) is 47.0. The van der Waals surface area contributed by atoms with Gasteiger partial charge in [0.25, 0.3) is 0 Å². The van der Waals surface area contributed by atoms with E-state index in [2.05, 4.69) is 159 Å². The van der Waals surface area contributed by atoms with E-state index >= 15 is 0 Å². The van der Waals surface area contributed by atoms with Crippen LogP contribution in [-0.2, 0) is 4.79 Å². The fourth-order valence-corrected chi connectivity index (χ4v) is 5.05. The molecule has 1 rings (SSSR count). The molecule has 1 amide bonds. The number of carbonyl (C=O) groups is 1. The summed E-state index contributed by atoms with van der Waals surface area (Å²) in [6.07, 6.45) is 5.78. The van der Waals surface area contributed by atoms with Gasteiger partial charge in [0.1, 0.15) is 5.75 Å². The Labute approximate surface area is 334 Å². The molecule has 53 heavy (non-hydrogen) atoms. The number of hydrogen-bond acceptors (Lipinski definition) is 5. The van der Waals surface area contributed by atoms with Gasteiger partial charge in [-0.2, -0.15) is 0 Å². The van der Waals surface area contributed by atoms with E-state index in [1.54, 1.807) is 0 Å². The summed E-state index contributed by atoms with van der Waals surface area (Å²) in [7, 11) is 4.36. The summed E-state index contributed by atoms with van der Waals surface area (Å²) in [4.78, 5) is 16.0. The van der Waals surface area contributed by atoms with Crippen LogP contribution in [0.3, 0.4) is 0 Å². The first-order chi connectivity index (χ1) is 24.3. The minimum Gasteiger partial charge on any atom is -0.489 e. The molecule has 1 aromatic rings. The summed E-state index contributed by atoms with van der Waals surface area (Å²) in [5.41, 5.74) is 1.07. The van der Waals surface area contributed by atoms with Gasteiger partial charge in [0.05, 0.1) is 11.8 Å². The standard InChI is InChI=1S/C12H19NO.C11H23NO.C10H24N2.2C7H16/c1-9(2)13-11-7-5-6-8-12(11)14-10(3)4;1-9(2)6-5-7-11(13)12-8-10(3)4;1-9(2)11(5)7-8-12(6)10(3)4;2*1-6(2)5-7(3)4/h5-10,13H,1-4H3;9-10H,5-8H2,1-4H3,(H,12,13);9-10H,7-8H2,1-6H3;2*6-7H,5H2,1-4H3. The molecule has 0 heterocycles. The van der Waals surface area contributed by atoms with E-state index in [0.717, 1.165) is 67.6 Å². The second-order valence-corrected chi connectivity index (χ2v) is 18.6. The van der Waals surface area contributed by atoms with Gasteiger partial charge in [-0.15, -0.1) is 0 Å². The fraction of sp³-hybridized carbons (Fsp3) is 0.851. The quantitative estimate of drug-likeness (QED) is 0.147. The van der Waals surface area contributed by atoms with Crippen molar-refractivity contribution in [3.05, 3.63) is 24.3 Å². The third-order valence-corrected chi connectivity index (χ3v) is 8.04. The number of carbonyl (C=O) groups excluding carboxylic acids is 1. The van der Waals surface area contributed by atoms with Crippen molar-refractivity contribution in [2.24, 2.45) is 35.5 Å². The van der Waals surface area contributed by atoms with Gasteiger partial charge in [0, 0.05) is 44.2 Å². The molecular weight excluding hydrogens is 653 g/mol. The summed E-state index contributed by atoms with van der Waals surface area (Å²) in [5, 5.41) is 6.27. The number of likely N-dealkylation sites (N-methyl/N-ethyl adjacent to an activating group) is 2. The van der Waals surface area contributed by atoms with Crippen molar-refractivity contribution < 1.29 is 9.53 Å². The summed E-state index contributed by atoms with van der Waals surface area (Å²) in [6, 6.07) is 9.77. The Morgan fingerprint density at radius 1 is 0.604 bits per heavy atom. The highest BCUT2D eigenvalue weighted by Gasteiger charge is 2.07. The molecule has 0 aromatic heterocycles. The third kappa shape index (κ3) is 48.2. The van der Waals surface area contributed by atoms with Crippen molar-refractivity contribution in [3.8, 4) is 5.75 Å². The van der Waals surface area contributed by atoms with Gasteiger partial charge in [0.2, 0.25) is 5.91 Å². The summed E-state index contributed by atoms with van der Waals surface area (Å²) >= 11 is 0. The monoisotopic (exact) mass is 751 g/mol. The maximum atomic E-state index is 11.2. The van der Waals surface area contributed by atoms with E-state index in [9.17, 15) is 4.79 Å². The van der Waals surface area contributed by atoms with Gasteiger partial charge in [0.15, 0.2) is 0 Å². The Balaban J connectivity index is -0.000000291. The molecular formula is C47H98N4O2. The Kier molecular flexibility index (Phi) is 39.2. The number of nitrogens with one attached hydrogen (secondary N) is 2. The highest BCUT2D eigenvalue weighted by atomic mass is 16.5. The van der Waals surface area contributed by atoms with E-state index in [0.29, 0.717) is 36.4 Å². The van der Waals surface area contributed by atoms with E-state index in [-0.39, 0.29) is 12.0 Å². The molecule has 0 atom stereocenters. The van der Waals surface area contributed by atoms with Crippen LogP contribution in [0.5, 0.6) is 5.75 Å². The van der Waals surface area contributed by atoms with Gasteiger partial charge in [-0.3, -0.25) is 4.79 Å². The summed E-state index contributed by atoms with van der Waals surface area (Å²) in [5.74, 6) is 5.89. The predicted octanol–water partition coefficient (Wildman–Crippen LogP) is 12.9. The first kappa shape index (κ1) is 57.9. The van der Waals surface area contributed by atoms with E-state index in [4.69, 9.17) is 4.74 Å². The first-order valence-electron chi connectivity index (χ1n) is 21.5. The molecule has 0 bridgehead atoms. The lowest BCUT2D eigenvalue weighted by Gasteiger charge is -2.26. The third-order valence-electron chi connectivity index (χ3n) is 8.04. The zero-order valence-electron chi connectivity index (χ0n) is 40.0. The molecule has 2 N–H and O–H groups in total. The molecule has 0 saturated heterocycles. The molecule has 318 valence electrons. The van der Waals surface area contributed by atoms with Crippen molar-refractivity contribution in [1.29, 1.82) is 0 Å². The largest absolute Gasteiger partial charge is 0.489 e. The average molecular weight is 751 g/mol. The average Bonchev–Trinajstić information content (AvgIpc) is 2.98. The number of ether oxygens (including phenoxy) is 1. The molecule has 0 fully saturated rings. The zero-order chi connectivity index (χ0) is 42.3. The number of rotatable bonds is 19. The number of nitrogens with zero attached hydrogens (tertiary/aromatic N) is 2. The maximum Gasteiger partial charge on any atom is 0.220 e. The fourth-order valence-electron chi connectivity index (χ4n) is 5.05. The number of benzene rings is 1.